The number of hydrogen-bond donors (Lipinski definition) is 1. The van der Waals surface area contributed by atoms with Crippen molar-refractivity contribution in [3.05, 3.63) is 71.6 Å². The molecule has 0 fully saturated rings. The van der Waals surface area contributed by atoms with Gasteiger partial charge in [0, 0.05) is 48.7 Å². The van der Waals surface area contributed by atoms with Crippen molar-refractivity contribution in [1.29, 1.82) is 0 Å². The summed E-state index contributed by atoms with van der Waals surface area (Å²) in [6.07, 6.45) is 4.49. The summed E-state index contributed by atoms with van der Waals surface area (Å²) in [7, 11) is 2.00. The number of halogens is 1. The van der Waals surface area contributed by atoms with Crippen LogP contribution < -0.4 is 5.32 Å². The van der Waals surface area contributed by atoms with Crippen LogP contribution in [0.5, 0.6) is 0 Å². The van der Waals surface area contributed by atoms with E-state index in [1.165, 1.54) is 5.69 Å². The maximum atomic E-state index is 12.6. The second kappa shape index (κ2) is 7.86. The van der Waals surface area contributed by atoms with Crippen LogP contribution in [-0.4, -0.2) is 31.6 Å². The molecule has 28 heavy (non-hydrogen) atoms. The number of carbonyl (C=O) groups excluding carboxylic acids is 1. The molecule has 3 aromatic heterocycles. The van der Waals surface area contributed by atoms with E-state index in [0.29, 0.717) is 23.0 Å². The Labute approximate surface area is 167 Å². The zero-order valence-corrected chi connectivity index (χ0v) is 16.2. The van der Waals surface area contributed by atoms with Gasteiger partial charge in [0.05, 0.1) is 0 Å². The number of nitrogens with one attached hydrogen (secondary N) is 1. The molecular weight excluding hydrogens is 374 g/mol. The van der Waals surface area contributed by atoms with Gasteiger partial charge in [0.2, 0.25) is 5.91 Å². The van der Waals surface area contributed by atoms with Gasteiger partial charge >= 0.3 is 0 Å². The first-order valence-corrected chi connectivity index (χ1v) is 9.44. The minimum Gasteiger partial charge on any atom is -0.354 e. The Bertz CT molecular complexity index is 1110. The van der Waals surface area contributed by atoms with Crippen LogP contribution in [0.15, 0.2) is 60.9 Å². The van der Waals surface area contributed by atoms with Crippen molar-refractivity contribution < 1.29 is 4.79 Å². The summed E-state index contributed by atoms with van der Waals surface area (Å²) in [6.45, 7) is 0.728. The molecule has 0 saturated heterocycles. The minimum atomic E-state index is -0.0747. The van der Waals surface area contributed by atoms with Crippen molar-refractivity contribution in [1.82, 2.24) is 24.4 Å². The van der Waals surface area contributed by atoms with Gasteiger partial charge in [-0.15, -0.1) is 0 Å². The highest BCUT2D eigenvalue weighted by molar-refractivity contribution is 6.30. The first kappa shape index (κ1) is 18.3. The maximum Gasteiger partial charge on any atom is 0.240 e. The number of imidazole rings is 1. The average Bonchev–Trinajstić information content (AvgIpc) is 3.26. The van der Waals surface area contributed by atoms with Crippen LogP contribution in [0.1, 0.15) is 5.69 Å². The standard InChI is InChI=1S/C21H20ClN5O/c1-26-13-3-4-17(26)10-12-23-19(28)14-27-20(15-6-8-16(22)9-7-15)25-18-5-2-11-24-21(18)27/h2-9,11,13H,10,12,14H2,1H3,(H,23,28). The highest BCUT2D eigenvalue weighted by Gasteiger charge is 2.16. The Morgan fingerprint density at radius 3 is 2.71 bits per heavy atom. The molecule has 0 bridgehead atoms. The van der Waals surface area contributed by atoms with Crippen molar-refractivity contribution in [2.45, 2.75) is 13.0 Å². The molecule has 142 valence electrons. The van der Waals surface area contributed by atoms with E-state index in [9.17, 15) is 4.79 Å². The van der Waals surface area contributed by atoms with E-state index in [-0.39, 0.29) is 12.5 Å². The Hall–Kier alpha value is -3.12. The lowest BCUT2D eigenvalue weighted by molar-refractivity contribution is -0.121. The Morgan fingerprint density at radius 2 is 1.96 bits per heavy atom. The molecule has 6 nitrogen and oxygen atoms in total. The number of aromatic nitrogens is 4. The van der Waals surface area contributed by atoms with Gasteiger partial charge in [-0.3, -0.25) is 9.36 Å². The molecule has 0 spiro atoms. The van der Waals surface area contributed by atoms with Crippen LogP contribution in [0, 0.1) is 0 Å². The lowest BCUT2D eigenvalue weighted by atomic mass is 10.2. The van der Waals surface area contributed by atoms with Crippen LogP contribution >= 0.6 is 11.6 Å². The Balaban J connectivity index is 1.55. The van der Waals surface area contributed by atoms with Gasteiger partial charge in [-0.1, -0.05) is 11.6 Å². The van der Waals surface area contributed by atoms with Gasteiger partial charge in [0.15, 0.2) is 5.65 Å². The fraction of sp³-hybridized carbons (Fsp3) is 0.190. The smallest absolute Gasteiger partial charge is 0.240 e. The first-order valence-electron chi connectivity index (χ1n) is 9.06. The largest absolute Gasteiger partial charge is 0.354 e. The lowest BCUT2D eigenvalue weighted by Crippen LogP contribution is -2.30. The summed E-state index contributed by atoms with van der Waals surface area (Å²) in [5.74, 6) is 0.623. The fourth-order valence-corrected chi connectivity index (χ4v) is 3.34. The van der Waals surface area contributed by atoms with E-state index in [1.807, 2.05) is 60.3 Å². The Morgan fingerprint density at radius 1 is 1.14 bits per heavy atom. The molecular formula is C21H20ClN5O. The zero-order chi connectivity index (χ0) is 19.5. The molecule has 3 heterocycles. The number of aryl methyl sites for hydroxylation is 1. The third kappa shape index (κ3) is 3.77. The second-order valence-corrected chi connectivity index (χ2v) is 7.02. The number of benzene rings is 1. The van der Waals surface area contributed by atoms with Crippen molar-refractivity contribution in [2.24, 2.45) is 7.05 Å². The molecule has 7 heteroatoms. The lowest BCUT2D eigenvalue weighted by Gasteiger charge is -2.10. The predicted octanol–water partition coefficient (Wildman–Crippen LogP) is 3.45. The summed E-state index contributed by atoms with van der Waals surface area (Å²) < 4.78 is 3.90. The average molecular weight is 394 g/mol. The third-order valence-corrected chi connectivity index (χ3v) is 4.91. The summed E-state index contributed by atoms with van der Waals surface area (Å²) in [5, 5.41) is 3.64. The molecule has 0 saturated carbocycles. The molecule has 4 aromatic rings. The number of hydrogen-bond acceptors (Lipinski definition) is 3. The van der Waals surface area contributed by atoms with E-state index in [2.05, 4.69) is 25.9 Å². The highest BCUT2D eigenvalue weighted by atomic mass is 35.5. The number of rotatable bonds is 6. The highest BCUT2D eigenvalue weighted by Crippen LogP contribution is 2.24. The number of fused-ring (bicyclic) bond motifs is 1. The van der Waals surface area contributed by atoms with E-state index >= 15 is 0 Å². The first-order chi connectivity index (χ1) is 13.6. The van der Waals surface area contributed by atoms with Crippen LogP contribution in [0.25, 0.3) is 22.6 Å². The van der Waals surface area contributed by atoms with E-state index in [1.54, 1.807) is 6.20 Å². The number of amides is 1. The van der Waals surface area contributed by atoms with Crippen molar-refractivity contribution >= 4 is 28.7 Å². The van der Waals surface area contributed by atoms with Gasteiger partial charge in [-0.05, 0) is 48.5 Å². The van der Waals surface area contributed by atoms with Crippen molar-refractivity contribution in [3.63, 3.8) is 0 Å². The molecule has 4 rings (SSSR count). The fourth-order valence-electron chi connectivity index (χ4n) is 3.21. The van der Waals surface area contributed by atoms with E-state index < -0.39 is 0 Å². The number of pyridine rings is 1. The summed E-state index contributed by atoms with van der Waals surface area (Å²) in [6, 6.07) is 15.2. The molecule has 1 amide bonds. The molecule has 0 aliphatic rings. The van der Waals surface area contributed by atoms with Crippen LogP contribution in [-0.2, 0) is 24.8 Å². The topological polar surface area (TPSA) is 64.7 Å². The maximum absolute atomic E-state index is 12.6. The van der Waals surface area contributed by atoms with Crippen LogP contribution in [0.3, 0.4) is 0 Å². The number of carbonyl (C=O) groups is 1. The molecule has 0 aliphatic heterocycles. The van der Waals surface area contributed by atoms with E-state index in [0.717, 1.165) is 17.5 Å². The molecule has 1 aromatic carbocycles. The molecule has 0 unspecified atom stereocenters. The van der Waals surface area contributed by atoms with Gasteiger partial charge in [-0.2, -0.15) is 0 Å². The van der Waals surface area contributed by atoms with Gasteiger partial charge in [0.1, 0.15) is 17.9 Å². The summed E-state index contributed by atoms with van der Waals surface area (Å²) in [5.41, 5.74) is 3.50. The predicted molar refractivity (Wildman–Crippen MR) is 110 cm³/mol. The minimum absolute atomic E-state index is 0.0747. The molecule has 0 radical (unpaired) electrons. The number of nitrogens with zero attached hydrogens (tertiary/aromatic N) is 4. The summed E-state index contributed by atoms with van der Waals surface area (Å²) >= 11 is 6.01. The quantitative estimate of drug-likeness (QED) is 0.545. The summed E-state index contributed by atoms with van der Waals surface area (Å²) in [4.78, 5) is 21.7. The van der Waals surface area contributed by atoms with E-state index in [4.69, 9.17) is 11.6 Å². The van der Waals surface area contributed by atoms with Gasteiger partial charge in [-0.25, -0.2) is 9.97 Å². The van der Waals surface area contributed by atoms with Gasteiger partial charge < -0.3 is 9.88 Å². The normalized spacial score (nSPS) is 11.1. The van der Waals surface area contributed by atoms with Crippen LogP contribution in [0.2, 0.25) is 5.02 Å². The monoisotopic (exact) mass is 393 g/mol. The Kier molecular flexibility index (Phi) is 5.12. The molecule has 0 aliphatic carbocycles. The van der Waals surface area contributed by atoms with Crippen molar-refractivity contribution in [3.8, 4) is 11.4 Å². The molecule has 1 N–H and O–H groups in total. The SMILES string of the molecule is Cn1cccc1CCNC(=O)Cn1c(-c2ccc(Cl)cc2)nc2cccnc21. The second-order valence-electron chi connectivity index (χ2n) is 6.58. The third-order valence-electron chi connectivity index (χ3n) is 4.66. The zero-order valence-electron chi connectivity index (χ0n) is 15.5. The van der Waals surface area contributed by atoms with Crippen molar-refractivity contribution in [2.75, 3.05) is 6.54 Å². The molecule has 0 atom stereocenters. The van der Waals surface area contributed by atoms with Crippen LogP contribution in [0.4, 0.5) is 0 Å². The van der Waals surface area contributed by atoms with Gasteiger partial charge in [0.25, 0.3) is 0 Å².